The molecule has 160 valence electrons. The molecule has 7 heteroatoms. The zero-order valence-electron chi connectivity index (χ0n) is 17.1. The number of carbonyl (C=O) groups is 2. The van der Waals surface area contributed by atoms with Gasteiger partial charge in [0, 0.05) is 47.0 Å². The first-order valence-corrected chi connectivity index (χ1v) is 11.4. The van der Waals surface area contributed by atoms with E-state index in [9.17, 15) is 14.0 Å². The number of carbonyl (C=O) groups excluding carboxylic acids is 2. The summed E-state index contributed by atoms with van der Waals surface area (Å²) in [5.74, 6) is -0.186. The Kier molecular flexibility index (Phi) is 6.49. The molecule has 0 saturated carbocycles. The smallest absolute Gasteiger partial charge is 0.233 e. The first kappa shape index (κ1) is 21.7. The van der Waals surface area contributed by atoms with Crippen LogP contribution in [0.5, 0.6) is 0 Å². The van der Waals surface area contributed by atoms with Gasteiger partial charge in [0.1, 0.15) is 5.82 Å². The third kappa shape index (κ3) is 4.70. The minimum absolute atomic E-state index is 0.0566. The van der Waals surface area contributed by atoms with E-state index >= 15 is 0 Å². The molecule has 1 amide bonds. The van der Waals surface area contributed by atoms with Crippen molar-refractivity contribution in [1.82, 2.24) is 4.90 Å². The van der Waals surface area contributed by atoms with Crippen LogP contribution in [0.3, 0.4) is 0 Å². The fraction of sp³-hybridized carbons (Fsp3) is 0.250. The first-order chi connectivity index (χ1) is 14.9. The van der Waals surface area contributed by atoms with Crippen LogP contribution in [0.25, 0.3) is 10.8 Å². The lowest BCUT2D eigenvalue weighted by molar-refractivity contribution is -0.128. The number of hydrogen-bond acceptors (Lipinski definition) is 4. The zero-order chi connectivity index (χ0) is 22.0. The van der Waals surface area contributed by atoms with Crippen molar-refractivity contribution in [1.29, 1.82) is 0 Å². The summed E-state index contributed by atoms with van der Waals surface area (Å²) in [6.07, 6.45) is 0. The molecule has 1 fully saturated rings. The van der Waals surface area contributed by atoms with Crippen molar-refractivity contribution >= 4 is 51.5 Å². The van der Waals surface area contributed by atoms with Crippen molar-refractivity contribution in [2.45, 2.75) is 11.8 Å². The van der Waals surface area contributed by atoms with E-state index in [1.54, 1.807) is 12.1 Å². The summed E-state index contributed by atoms with van der Waals surface area (Å²) in [4.78, 5) is 28.9. The third-order valence-electron chi connectivity index (χ3n) is 5.49. The number of piperazine rings is 1. The Hall–Kier alpha value is -2.57. The van der Waals surface area contributed by atoms with Gasteiger partial charge in [0.15, 0.2) is 5.78 Å². The molecule has 0 N–H and O–H groups in total. The predicted octanol–water partition coefficient (Wildman–Crippen LogP) is 5.28. The minimum atomic E-state index is -0.407. The lowest BCUT2D eigenvalue weighted by atomic mass is 10.1. The highest BCUT2D eigenvalue weighted by atomic mass is 35.5. The van der Waals surface area contributed by atoms with Gasteiger partial charge in [0.05, 0.1) is 11.4 Å². The number of amides is 1. The quantitative estimate of drug-likeness (QED) is 0.387. The summed E-state index contributed by atoms with van der Waals surface area (Å²) in [5.41, 5.74) is 0.831. The maximum absolute atomic E-state index is 14.4. The molecule has 0 spiro atoms. The highest BCUT2D eigenvalue weighted by molar-refractivity contribution is 8.00. The molecular weight excluding hydrogens is 435 g/mol. The maximum Gasteiger partial charge on any atom is 0.233 e. The van der Waals surface area contributed by atoms with Crippen molar-refractivity contribution in [3.63, 3.8) is 0 Å². The van der Waals surface area contributed by atoms with Gasteiger partial charge in [-0.05, 0) is 42.6 Å². The van der Waals surface area contributed by atoms with Crippen LogP contribution in [0.4, 0.5) is 10.1 Å². The summed E-state index contributed by atoms with van der Waals surface area (Å²) in [7, 11) is 0. The van der Waals surface area contributed by atoms with E-state index < -0.39 is 5.82 Å². The molecule has 3 aromatic carbocycles. The van der Waals surface area contributed by atoms with E-state index in [2.05, 4.69) is 0 Å². The largest absolute Gasteiger partial charge is 0.366 e. The molecule has 0 aliphatic carbocycles. The normalized spacial score (nSPS) is 14.2. The van der Waals surface area contributed by atoms with Crippen LogP contribution >= 0.6 is 23.4 Å². The number of fused-ring (bicyclic) bond motifs is 1. The van der Waals surface area contributed by atoms with Crippen LogP contribution in [0, 0.1) is 5.82 Å². The first-order valence-electron chi connectivity index (χ1n) is 10.1. The van der Waals surface area contributed by atoms with Crippen LogP contribution in [0.1, 0.15) is 17.3 Å². The molecule has 0 aromatic heterocycles. The highest BCUT2D eigenvalue weighted by Crippen LogP contribution is 2.33. The van der Waals surface area contributed by atoms with Crippen molar-refractivity contribution < 1.29 is 14.0 Å². The van der Waals surface area contributed by atoms with E-state index in [-0.39, 0.29) is 11.7 Å². The SMILES string of the molecule is CC(=O)c1ccc(N2CCN(C(=O)CSc3cccc4cccc(Cl)c34)CC2)c(F)c1. The molecule has 1 saturated heterocycles. The van der Waals surface area contributed by atoms with E-state index in [1.807, 2.05) is 46.2 Å². The number of hydrogen-bond donors (Lipinski definition) is 0. The minimum Gasteiger partial charge on any atom is -0.366 e. The van der Waals surface area contributed by atoms with Gasteiger partial charge in [-0.25, -0.2) is 4.39 Å². The molecular formula is C24H22ClFN2O2S. The van der Waals surface area contributed by atoms with Crippen molar-refractivity contribution in [2.75, 3.05) is 36.8 Å². The van der Waals surface area contributed by atoms with Gasteiger partial charge in [0.25, 0.3) is 0 Å². The number of nitrogens with zero attached hydrogens (tertiary/aromatic N) is 2. The molecule has 4 nitrogen and oxygen atoms in total. The van der Waals surface area contributed by atoms with Gasteiger partial charge in [-0.2, -0.15) is 0 Å². The van der Waals surface area contributed by atoms with Crippen LogP contribution in [-0.2, 0) is 4.79 Å². The molecule has 4 rings (SSSR count). The van der Waals surface area contributed by atoms with Crippen molar-refractivity contribution in [3.05, 3.63) is 71.0 Å². The number of ketones is 1. The Morgan fingerprint density at radius 2 is 1.74 bits per heavy atom. The molecule has 0 bridgehead atoms. The summed E-state index contributed by atoms with van der Waals surface area (Å²) in [6.45, 7) is 3.58. The molecule has 31 heavy (non-hydrogen) atoms. The summed E-state index contributed by atoms with van der Waals surface area (Å²) in [5, 5.41) is 2.70. The summed E-state index contributed by atoms with van der Waals surface area (Å²) < 4.78 is 14.4. The van der Waals surface area contributed by atoms with Crippen LogP contribution in [0.15, 0.2) is 59.5 Å². The fourth-order valence-electron chi connectivity index (χ4n) is 3.79. The van der Waals surface area contributed by atoms with Crippen LogP contribution < -0.4 is 4.90 Å². The van der Waals surface area contributed by atoms with E-state index in [4.69, 9.17) is 11.6 Å². The standard InChI is InChI=1S/C24H22ClFN2O2S/c1-16(29)18-8-9-21(20(26)14-18)27-10-12-28(13-11-27)23(30)15-31-22-7-3-5-17-4-2-6-19(25)24(17)22/h2-9,14H,10-13,15H2,1H3. The lowest BCUT2D eigenvalue weighted by Crippen LogP contribution is -2.49. The Bertz CT molecular complexity index is 1140. The number of rotatable bonds is 5. The number of benzene rings is 3. The average Bonchev–Trinajstić information content (AvgIpc) is 2.77. The van der Waals surface area contributed by atoms with Gasteiger partial charge in [-0.15, -0.1) is 11.8 Å². The second-order valence-electron chi connectivity index (χ2n) is 7.47. The van der Waals surface area contributed by atoms with Crippen molar-refractivity contribution in [3.8, 4) is 0 Å². The average molecular weight is 457 g/mol. The molecule has 0 radical (unpaired) electrons. The van der Waals surface area contributed by atoms with E-state index in [0.29, 0.717) is 48.2 Å². The molecule has 0 atom stereocenters. The summed E-state index contributed by atoms with van der Waals surface area (Å²) >= 11 is 7.87. The Morgan fingerprint density at radius 1 is 1.03 bits per heavy atom. The second-order valence-corrected chi connectivity index (χ2v) is 8.90. The zero-order valence-corrected chi connectivity index (χ0v) is 18.7. The number of thioether (sulfide) groups is 1. The van der Waals surface area contributed by atoms with E-state index in [1.165, 1.54) is 24.8 Å². The highest BCUT2D eigenvalue weighted by Gasteiger charge is 2.23. The topological polar surface area (TPSA) is 40.6 Å². The maximum atomic E-state index is 14.4. The molecule has 3 aromatic rings. The number of Topliss-reactive ketones (excluding diaryl/α,β-unsaturated/α-hetero) is 1. The molecule has 1 aliphatic rings. The molecule has 1 heterocycles. The lowest BCUT2D eigenvalue weighted by Gasteiger charge is -2.36. The number of anilines is 1. The Morgan fingerprint density at radius 3 is 2.42 bits per heavy atom. The van der Waals surface area contributed by atoms with Crippen LogP contribution in [-0.4, -0.2) is 48.5 Å². The van der Waals surface area contributed by atoms with Gasteiger partial charge in [-0.3, -0.25) is 9.59 Å². The van der Waals surface area contributed by atoms with E-state index in [0.717, 1.165) is 15.7 Å². The number of halogens is 2. The monoisotopic (exact) mass is 456 g/mol. The molecule has 1 aliphatic heterocycles. The van der Waals surface area contributed by atoms with Gasteiger partial charge < -0.3 is 9.80 Å². The van der Waals surface area contributed by atoms with Gasteiger partial charge >= 0.3 is 0 Å². The van der Waals surface area contributed by atoms with Gasteiger partial charge in [-0.1, -0.05) is 35.9 Å². The van der Waals surface area contributed by atoms with Crippen LogP contribution in [0.2, 0.25) is 5.02 Å². The Labute approximate surface area is 190 Å². The fourth-order valence-corrected chi connectivity index (χ4v) is 5.14. The molecule has 0 unspecified atom stereocenters. The second kappa shape index (κ2) is 9.28. The Balaban J connectivity index is 1.37. The third-order valence-corrected chi connectivity index (χ3v) is 6.85. The van der Waals surface area contributed by atoms with Crippen molar-refractivity contribution in [2.24, 2.45) is 0 Å². The van der Waals surface area contributed by atoms with Gasteiger partial charge in [0.2, 0.25) is 5.91 Å². The summed E-state index contributed by atoms with van der Waals surface area (Å²) in [6, 6.07) is 16.3. The predicted molar refractivity (Wildman–Crippen MR) is 125 cm³/mol.